The van der Waals surface area contributed by atoms with Gasteiger partial charge in [0.1, 0.15) is 30.6 Å². The summed E-state index contributed by atoms with van der Waals surface area (Å²) in [6, 6.07) is 11.1. The number of anilines is 1. The van der Waals surface area contributed by atoms with Crippen molar-refractivity contribution < 1.29 is 48.1 Å². The molecule has 0 radical (unpaired) electrons. The summed E-state index contributed by atoms with van der Waals surface area (Å²) in [5.41, 5.74) is 2.84. The summed E-state index contributed by atoms with van der Waals surface area (Å²) in [5, 5.41) is 18.3. The summed E-state index contributed by atoms with van der Waals surface area (Å²) in [7, 11) is 0. The molecular formula is C42H48N4O10. The molecule has 2 aliphatic carbocycles. The van der Waals surface area contributed by atoms with Crippen LogP contribution in [0.1, 0.15) is 85.1 Å². The minimum Gasteiger partial charge on any atom is -0.492 e. The minimum absolute atomic E-state index is 0.0189. The first-order chi connectivity index (χ1) is 26.9. The highest BCUT2D eigenvalue weighted by atomic mass is 16.6. The number of ether oxygens (including phenoxy) is 3. The Kier molecular flexibility index (Phi) is 11.6. The largest absolute Gasteiger partial charge is 0.492 e. The van der Waals surface area contributed by atoms with Crippen LogP contribution in [-0.4, -0.2) is 83.2 Å². The fourth-order valence-corrected chi connectivity index (χ4v) is 8.71. The van der Waals surface area contributed by atoms with E-state index in [1.807, 2.05) is 12.1 Å². The molecular weight excluding hydrogens is 720 g/mol. The Morgan fingerprint density at radius 3 is 2.59 bits per heavy atom. The molecule has 0 bridgehead atoms. The molecule has 8 atom stereocenters. The van der Waals surface area contributed by atoms with Gasteiger partial charge in [-0.05, 0) is 78.8 Å². The maximum absolute atomic E-state index is 13.3. The average molecular weight is 769 g/mol. The standard InChI is InChI=1S/C42H48N4O10/c1-23-18-26-9-6-24(2)30(13-12-29-20-27(47)21-36(49)55-29)37(26)34(19-23)56-42(53)44-22-25-7-10-28(11-8-25)54-17-16-43-32-5-3-4-31-38(32)41(52)46(40(31)51)33-14-15-35(48)45-39(33)50/h3-11,18,23-24,27,29-30,33-34,37,43,47H,12-17,19-22H2,1-2H3,(H,44,53)(H,45,48,50)/t23-,24-,27+,29+,30-,33?,34-,37-/m0/s1. The number of cyclic esters (lactones) is 1. The predicted molar refractivity (Wildman–Crippen MR) is 202 cm³/mol. The van der Waals surface area contributed by atoms with Crippen LogP contribution in [-0.2, 0) is 30.4 Å². The first-order valence-corrected chi connectivity index (χ1v) is 19.5. The molecule has 56 heavy (non-hydrogen) atoms. The van der Waals surface area contributed by atoms with Crippen molar-refractivity contribution in [3.05, 3.63) is 83.0 Å². The average Bonchev–Trinajstić information content (AvgIpc) is 3.41. The van der Waals surface area contributed by atoms with Gasteiger partial charge in [0.05, 0.1) is 23.7 Å². The molecule has 4 N–H and O–H groups in total. The van der Waals surface area contributed by atoms with Crippen molar-refractivity contribution in [2.75, 3.05) is 18.5 Å². The van der Waals surface area contributed by atoms with Crippen molar-refractivity contribution >= 4 is 41.4 Å². The van der Waals surface area contributed by atoms with Crippen molar-refractivity contribution in [2.45, 2.75) is 89.7 Å². The van der Waals surface area contributed by atoms with Gasteiger partial charge in [0.15, 0.2) is 0 Å². The van der Waals surface area contributed by atoms with Crippen LogP contribution in [0.3, 0.4) is 0 Å². The van der Waals surface area contributed by atoms with Gasteiger partial charge in [-0.2, -0.15) is 0 Å². The minimum atomic E-state index is -1.04. The van der Waals surface area contributed by atoms with E-state index >= 15 is 0 Å². The zero-order valence-electron chi connectivity index (χ0n) is 31.5. The third-order valence-corrected chi connectivity index (χ3v) is 11.4. The van der Waals surface area contributed by atoms with E-state index in [4.69, 9.17) is 14.2 Å². The molecule has 296 valence electrons. The number of carbonyl (C=O) groups excluding carboxylic acids is 6. The zero-order valence-corrected chi connectivity index (χ0v) is 31.5. The number of nitrogens with zero attached hydrogens (tertiary/aromatic N) is 1. The van der Waals surface area contributed by atoms with Crippen LogP contribution >= 0.6 is 0 Å². The second kappa shape index (κ2) is 16.7. The van der Waals surface area contributed by atoms with Gasteiger partial charge in [0.25, 0.3) is 11.8 Å². The van der Waals surface area contributed by atoms with Gasteiger partial charge in [-0.15, -0.1) is 0 Å². The monoisotopic (exact) mass is 768 g/mol. The predicted octanol–water partition coefficient (Wildman–Crippen LogP) is 4.42. The number of benzene rings is 2. The van der Waals surface area contributed by atoms with Crippen molar-refractivity contribution in [3.63, 3.8) is 0 Å². The Balaban J connectivity index is 0.881. The quantitative estimate of drug-likeness (QED) is 0.136. The molecule has 2 saturated heterocycles. The Morgan fingerprint density at radius 1 is 1.02 bits per heavy atom. The number of carbonyl (C=O) groups is 6. The Morgan fingerprint density at radius 2 is 1.82 bits per heavy atom. The van der Waals surface area contributed by atoms with Crippen LogP contribution < -0.4 is 20.7 Å². The molecule has 7 rings (SSSR count). The summed E-state index contributed by atoms with van der Waals surface area (Å²) in [6.45, 7) is 5.10. The van der Waals surface area contributed by atoms with Crippen LogP contribution in [0.15, 0.2) is 66.3 Å². The summed E-state index contributed by atoms with van der Waals surface area (Å²) in [4.78, 5) is 76.5. The number of esters is 1. The topological polar surface area (TPSA) is 190 Å². The second-order valence-corrected chi connectivity index (χ2v) is 15.5. The van der Waals surface area contributed by atoms with Gasteiger partial charge in [0.2, 0.25) is 11.8 Å². The Labute approximate surface area is 325 Å². The Hall–Kier alpha value is -5.50. The molecule has 5 aliphatic rings. The third-order valence-electron chi connectivity index (χ3n) is 11.4. The van der Waals surface area contributed by atoms with Crippen LogP contribution in [0.25, 0.3) is 0 Å². The van der Waals surface area contributed by atoms with Crippen molar-refractivity contribution in [1.29, 1.82) is 0 Å². The third kappa shape index (κ3) is 8.49. The fraction of sp³-hybridized carbons (Fsp3) is 0.476. The number of nitrogens with one attached hydrogen (secondary N) is 3. The molecule has 14 heteroatoms. The van der Waals surface area contributed by atoms with Crippen LogP contribution in [0.4, 0.5) is 10.5 Å². The van der Waals surface area contributed by atoms with E-state index in [1.54, 1.807) is 30.3 Å². The number of rotatable bonds is 12. The van der Waals surface area contributed by atoms with Gasteiger partial charge in [-0.1, -0.05) is 50.3 Å². The maximum atomic E-state index is 13.3. The summed E-state index contributed by atoms with van der Waals surface area (Å²) in [6.07, 6.45) is 7.56. The van der Waals surface area contributed by atoms with Crippen LogP contribution in [0.5, 0.6) is 5.75 Å². The van der Waals surface area contributed by atoms with E-state index in [1.165, 1.54) is 5.57 Å². The molecule has 3 aliphatic heterocycles. The lowest BCUT2D eigenvalue weighted by molar-refractivity contribution is -0.160. The van der Waals surface area contributed by atoms with E-state index in [-0.39, 0.29) is 85.4 Å². The van der Waals surface area contributed by atoms with E-state index in [2.05, 4.69) is 48.0 Å². The summed E-state index contributed by atoms with van der Waals surface area (Å²) in [5.74, 6) is -1.31. The first kappa shape index (κ1) is 38.8. The van der Waals surface area contributed by atoms with Crippen molar-refractivity contribution in [1.82, 2.24) is 15.5 Å². The number of piperidine rings is 1. The highest BCUT2D eigenvalue weighted by Gasteiger charge is 2.46. The summed E-state index contributed by atoms with van der Waals surface area (Å²) >= 11 is 0. The lowest BCUT2D eigenvalue weighted by Gasteiger charge is -2.43. The highest BCUT2D eigenvalue weighted by molar-refractivity contribution is 6.25. The zero-order chi connectivity index (χ0) is 39.5. The smallest absolute Gasteiger partial charge is 0.407 e. The molecule has 1 unspecified atom stereocenters. The number of alkyl carbamates (subject to hydrolysis) is 1. The number of aliphatic hydroxyl groups excluding tert-OH is 1. The molecule has 2 aromatic carbocycles. The van der Waals surface area contributed by atoms with Gasteiger partial charge in [0, 0.05) is 37.5 Å². The Bertz CT molecular complexity index is 1940. The van der Waals surface area contributed by atoms with Gasteiger partial charge in [-0.3, -0.25) is 34.2 Å². The van der Waals surface area contributed by atoms with E-state index in [0.29, 0.717) is 37.2 Å². The molecule has 0 aromatic heterocycles. The molecule has 2 fully saturated rings. The normalized spacial score (nSPS) is 28.4. The molecule has 0 saturated carbocycles. The van der Waals surface area contributed by atoms with Gasteiger partial charge >= 0.3 is 12.1 Å². The number of amides is 5. The van der Waals surface area contributed by atoms with E-state index in [9.17, 15) is 33.9 Å². The molecule has 14 nitrogen and oxygen atoms in total. The molecule has 0 spiro atoms. The van der Waals surface area contributed by atoms with Gasteiger partial charge < -0.3 is 30.0 Å². The SMILES string of the molecule is C[C@H]1C=C2C=C[C@H](C)[C@H](CC[C@@H]3C[C@@H](O)CC(=O)O3)[C@H]2[C@@H](OC(=O)NCc2ccc(OCCNc3cccc4c3C(=O)N(C3CCC(=O)NC3=O)C4=O)cc2)C1. The molecule has 2 aromatic rings. The molecule has 3 heterocycles. The number of hydrogen-bond donors (Lipinski definition) is 4. The molecule has 5 amide bonds. The van der Waals surface area contributed by atoms with Gasteiger partial charge in [-0.25, -0.2) is 4.79 Å². The lowest BCUT2D eigenvalue weighted by Crippen LogP contribution is -2.54. The number of fused-ring (bicyclic) bond motifs is 2. The van der Waals surface area contributed by atoms with E-state index in [0.717, 1.165) is 16.9 Å². The number of allylic oxidation sites excluding steroid dienone is 3. The summed E-state index contributed by atoms with van der Waals surface area (Å²) < 4.78 is 17.5. The lowest BCUT2D eigenvalue weighted by atomic mass is 9.65. The maximum Gasteiger partial charge on any atom is 0.407 e. The van der Waals surface area contributed by atoms with Crippen LogP contribution in [0, 0.1) is 23.7 Å². The number of hydrogen-bond acceptors (Lipinski definition) is 11. The number of imide groups is 2. The van der Waals surface area contributed by atoms with Crippen molar-refractivity contribution in [3.8, 4) is 5.75 Å². The second-order valence-electron chi connectivity index (χ2n) is 15.5. The van der Waals surface area contributed by atoms with Crippen LogP contribution in [0.2, 0.25) is 0 Å². The fourth-order valence-electron chi connectivity index (χ4n) is 8.71. The van der Waals surface area contributed by atoms with E-state index < -0.39 is 41.9 Å². The van der Waals surface area contributed by atoms with Crippen molar-refractivity contribution in [2.24, 2.45) is 23.7 Å². The highest BCUT2D eigenvalue weighted by Crippen LogP contribution is 2.45. The first-order valence-electron chi connectivity index (χ1n) is 19.5. The number of aliphatic hydroxyl groups is 1.